The van der Waals surface area contributed by atoms with Crippen LogP contribution in [-0.4, -0.2) is 17.4 Å². The maximum Gasteiger partial charge on any atom is 0.196 e. The van der Waals surface area contributed by atoms with Crippen molar-refractivity contribution in [2.45, 2.75) is 19.8 Å². The number of halogens is 3. The zero-order valence-electron chi connectivity index (χ0n) is 18.4. The van der Waals surface area contributed by atoms with Crippen LogP contribution in [0.5, 0.6) is 0 Å². The predicted molar refractivity (Wildman–Crippen MR) is 154 cm³/mol. The molecule has 1 heterocycles. The molecule has 3 nitrogen and oxygen atoms in total. The zero-order chi connectivity index (χ0) is 24.1. The number of aliphatic imine (C=N–C) groups is 1. The molecule has 0 N–H and O–H groups in total. The van der Waals surface area contributed by atoms with Crippen molar-refractivity contribution in [3.05, 3.63) is 105 Å². The van der Waals surface area contributed by atoms with Crippen molar-refractivity contribution >= 4 is 81.2 Å². The predicted octanol–water partition coefficient (Wildman–Crippen LogP) is 9.04. The molecule has 3 aromatic carbocycles. The lowest BCUT2D eigenvalue weighted by atomic mass is 10.1. The van der Waals surface area contributed by atoms with E-state index in [1.807, 2.05) is 82.0 Å². The van der Waals surface area contributed by atoms with Crippen LogP contribution < -0.4 is 9.21 Å². The lowest BCUT2D eigenvalue weighted by Gasteiger charge is -2.20. The highest BCUT2D eigenvalue weighted by Gasteiger charge is 2.33. The van der Waals surface area contributed by atoms with Gasteiger partial charge in [0.05, 0.1) is 11.4 Å². The number of allylic oxidation sites excluding steroid dienone is 1. The first-order chi connectivity index (χ1) is 16.5. The van der Waals surface area contributed by atoms with Gasteiger partial charge in [0.15, 0.2) is 5.11 Å². The van der Waals surface area contributed by atoms with Crippen molar-refractivity contribution in [2.75, 3.05) is 15.7 Å². The largest absolute Gasteiger partial charge is 0.285 e. The van der Waals surface area contributed by atoms with Gasteiger partial charge in [-0.1, -0.05) is 60.3 Å². The molecule has 8 heteroatoms. The van der Waals surface area contributed by atoms with Gasteiger partial charge in [0.1, 0.15) is 5.03 Å². The fraction of sp³-hybridized carbons (Fsp3) is 0.154. The van der Waals surface area contributed by atoms with Gasteiger partial charge in [-0.2, -0.15) is 0 Å². The van der Waals surface area contributed by atoms with Crippen molar-refractivity contribution in [3.8, 4) is 0 Å². The Morgan fingerprint density at radius 1 is 0.853 bits per heavy atom. The number of hydrogen-bond acceptors (Lipinski definition) is 3. The minimum absolute atomic E-state index is 0.643. The molecule has 0 aliphatic carbocycles. The minimum Gasteiger partial charge on any atom is -0.285 e. The Kier molecular flexibility index (Phi) is 8.56. The van der Waals surface area contributed by atoms with E-state index in [0.29, 0.717) is 20.2 Å². The maximum absolute atomic E-state index is 6.15. The molecule has 1 saturated heterocycles. The highest BCUT2D eigenvalue weighted by atomic mass is 35.5. The Bertz CT molecular complexity index is 1210. The summed E-state index contributed by atoms with van der Waals surface area (Å²) in [5, 5.41) is 3.62. The smallest absolute Gasteiger partial charge is 0.196 e. The van der Waals surface area contributed by atoms with E-state index in [1.54, 1.807) is 11.9 Å². The van der Waals surface area contributed by atoms with Crippen LogP contribution in [-0.2, 0) is 0 Å². The van der Waals surface area contributed by atoms with E-state index in [2.05, 4.69) is 13.0 Å². The van der Waals surface area contributed by atoms with Crippen LogP contribution in [0.4, 0.5) is 11.4 Å². The van der Waals surface area contributed by atoms with Gasteiger partial charge in [-0.3, -0.25) is 14.2 Å². The van der Waals surface area contributed by atoms with E-state index in [9.17, 15) is 0 Å². The molecule has 34 heavy (non-hydrogen) atoms. The van der Waals surface area contributed by atoms with Crippen molar-refractivity contribution < 1.29 is 0 Å². The molecule has 1 aliphatic heterocycles. The van der Waals surface area contributed by atoms with E-state index in [0.717, 1.165) is 47.1 Å². The van der Waals surface area contributed by atoms with Gasteiger partial charge in [0.2, 0.25) is 0 Å². The third kappa shape index (κ3) is 5.96. The standard InChI is InChI=1S/C26H22Cl3N3S2/c1-2-3-16-30-24(18-4-6-19(27)7-5-18)17-25-31(22-12-8-20(28)9-13-22)26(33)32(34-25)23-14-10-21(29)11-15-23/h4-15,17H,2-3,16H2,1H3/b25-17-,30-24?. The van der Waals surface area contributed by atoms with Crippen molar-refractivity contribution in [1.29, 1.82) is 0 Å². The number of anilines is 2. The molecule has 0 aromatic heterocycles. The van der Waals surface area contributed by atoms with Crippen LogP contribution in [0.2, 0.25) is 15.1 Å². The van der Waals surface area contributed by atoms with Gasteiger partial charge in [0, 0.05) is 39.2 Å². The first kappa shape index (κ1) is 25.1. The number of rotatable bonds is 7. The zero-order valence-corrected chi connectivity index (χ0v) is 22.3. The molecule has 3 aromatic rings. The average molecular weight is 547 g/mol. The first-order valence-corrected chi connectivity index (χ1v) is 13.1. The van der Waals surface area contributed by atoms with Crippen molar-refractivity contribution in [2.24, 2.45) is 4.99 Å². The lowest BCUT2D eigenvalue weighted by molar-refractivity contribution is 0.808. The molecule has 4 rings (SSSR count). The SMILES string of the molecule is CCCCN=C(/C=C1\SN(c2ccc(Cl)cc2)C(=S)N1c1ccc(Cl)cc1)c1ccc(Cl)cc1. The molecular formula is C26H22Cl3N3S2. The Morgan fingerprint density at radius 3 is 1.94 bits per heavy atom. The molecule has 0 amide bonds. The maximum atomic E-state index is 6.15. The van der Waals surface area contributed by atoms with Crippen LogP contribution in [0.3, 0.4) is 0 Å². The van der Waals surface area contributed by atoms with Crippen LogP contribution in [0.1, 0.15) is 25.3 Å². The number of benzene rings is 3. The number of thiocarbonyl (C=S) groups is 1. The molecule has 1 fully saturated rings. The van der Waals surface area contributed by atoms with Gasteiger partial charge >= 0.3 is 0 Å². The molecule has 174 valence electrons. The second-order valence-electron chi connectivity index (χ2n) is 7.57. The minimum atomic E-state index is 0.643. The Balaban J connectivity index is 1.78. The van der Waals surface area contributed by atoms with Crippen LogP contribution in [0.25, 0.3) is 0 Å². The highest BCUT2D eigenvalue weighted by molar-refractivity contribution is 8.07. The molecule has 0 unspecified atom stereocenters. The van der Waals surface area contributed by atoms with Crippen LogP contribution in [0.15, 0.2) is 88.9 Å². The summed E-state index contributed by atoms with van der Waals surface area (Å²) >= 11 is 25.9. The highest BCUT2D eigenvalue weighted by Crippen LogP contribution is 2.42. The lowest BCUT2D eigenvalue weighted by Crippen LogP contribution is -2.30. The Hall–Kier alpha value is -2.02. The summed E-state index contributed by atoms with van der Waals surface area (Å²) in [6, 6.07) is 23.0. The summed E-state index contributed by atoms with van der Waals surface area (Å²) in [4.78, 5) is 6.95. The molecule has 0 saturated carbocycles. The summed E-state index contributed by atoms with van der Waals surface area (Å²) in [5.74, 6) is 0. The van der Waals surface area contributed by atoms with E-state index in [1.165, 1.54) is 0 Å². The number of nitrogens with zero attached hydrogens (tertiary/aromatic N) is 3. The Morgan fingerprint density at radius 2 is 1.38 bits per heavy atom. The molecule has 0 bridgehead atoms. The van der Waals surface area contributed by atoms with Gasteiger partial charge < -0.3 is 0 Å². The van der Waals surface area contributed by atoms with Gasteiger partial charge in [0.25, 0.3) is 0 Å². The van der Waals surface area contributed by atoms with Crippen LogP contribution in [0, 0.1) is 0 Å². The van der Waals surface area contributed by atoms with E-state index in [4.69, 9.17) is 52.0 Å². The van der Waals surface area contributed by atoms with E-state index in [-0.39, 0.29) is 0 Å². The fourth-order valence-electron chi connectivity index (χ4n) is 3.33. The third-order valence-electron chi connectivity index (χ3n) is 5.11. The molecule has 1 aliphatic rings. The molecule has 0 spiro atoms. The second-order valence-corrected chi connectivity index (χ2v) is 10.2. The van der Waals surface area contributed by atoms with Crippen molar-refractivity contribution in [1.82, 2.24) is 0 Å². The number of unbranched alkanes of at least 4 members (excludes halogenated alkanes) is 1. The average Bonchev–Trinajstić information content (AvgIpc) is 3.16. The molecular weight excluding hydrogens is 525 g/mol. The van der Waals surface area contributed by atoms with Gasteiger partial charge in [-0.25, -0.2) is 0 Å². The summed E-state index contributed by atoms with van der Waals surface area (Å²) < 4.78 is 2.01. The normalized spacial score (nSPS) is 15.5. The summed E-state index contributed by atoms with van der Waals surface area (Å²) in [6.07, 6.45) is 4.18. The quantitative estimate of drug-likeness (QED) is 0.127. The summed E-state index contributed by atoms with van der Waals surface area (Å²) in [5.41, 5.74) is 3.75. The van der Waals surface area contributed by atoms with Gasteiger partial charge in [-0.05, 0) is 90.9 Å². The van der Waals surface area contributed by atoms with Crippen LogP contribution >= 0.6 is 59.0 Å². The number of hydrogen-bond donors (Lipinski definition) is 0. The van der Waals surface area contributed by atoms with Crippen molar-refractivity contribution in [3.63, 3.8) is 0 Å². The fourth-order valence-corrected chi connectivity index (χ4v) is 5.20. The third-order valence-corrected chi connectivity index (χ3v) is 7.40. The summed E-state index contributed by atoms with van der Waals surface area (Å²) in [7, 11) is 0. The first-order valence-electron chi connectivity index (χ1n) is 10.8. The topological polar surface area (TPSA) is 18.8 Å². The Labute approximate surface area is 225 Å². The summed E-state index contributed by atoms with van der Waals surface area (Å²) in [6.45, 7) is 2.91. The van der Waals surface area contributed by atoms with E-state index < -0.39 is 0 Å². The van der Waals surface area contributed by atoms with Gasteiger partial charge in [-0.15, -0.1) is 0 Å². The molecule has 0 radical (unpaired) electrons. The monoisotopic (exact) mass is 545 g/mol. The second kappa shape index (κ2) is 11.6. The van der Waals surface area contributed by atoms with E-state index >= 15 is 0 Å². The molecule has 0 atom stereocenters.